The van der Waals surface area contributed by atoms with Crippen LogP contribution in [0.4, 0.5) is 0 Å². The van der Waals surface area contributed by atoms with Crippen molar-refractivity contribution < 1.29 is 0 Å². The van der Waals surface area contributed by atoms with E-state index in [1.54, 1.807) is 0 Å². The topological polar surface area (TPSA) is 29.3 Å². The molecule has 4 unspecified atom stereocenters. The number of hydrogen-bond acceptors (Lipinski definition) is 2. The lowest BCUT2D eigenvalue weighted by atomic mass is 9.70. The van der Waals surface area contributed by atoms with Gasteiger partial charge in [-0.05, 0) is 56.4 Å². The Labute approximate surface area is 113 Å². The van der Waals surface area contributed by atoms with Gasteiger partial charge in [0, 0.05) is 18.6 Å². The highest BCUT2D eigenvalue weighted by Gasteiger charge is 2.43. The molecule has 2 heteroatoms. The molecule has 0 spiro atoms. The van der Waals surface area contributed by atoms with E-state index in [-0.39, 0.29) is 0 Å². The molecule has 2 fully saturated rings. The summed E-state index contributed by atoms with van der Waals surface area (Å²) in [5.74, 6) is 2.67. The molecule has 2 nitrogen and oxygen atoms in total. The first-order valence-electron chi connectivity index (χ1n) is 8.06. The fourth-order valence-corrected chi connectivity index (χ4v) is 4.19. The molecule has 2 aliphatic rings. The van der Waals surface area contributed by atoms with Gasteiger partial charge in [-0.25, -0.2) is 0 Å². The highest BCUT2D eigenvalue weighted by atomic mass is 15.2. The van der Waals surface area contributed by atoms with Crippen LogP contribution in [0.15, 0.2) is 0 Å². The largest absolute Gasteiger partial charge is 0.329 e. The van der Waals surface area contributed by atoms with E-state index in [4.69, 9.17) is 5.73 Å². The molecule has 2 N–H and O–H groups in total. The van der Waals surface area contributed by atoms with Crippen LogP contribution in [0.25, 0.3) is 0 Å². The van der Waals surface area contributed by atoms with Crippen LogP contribution in [0, 0.1) is 17.8 Å². The molecule has 1 saturated carbocycles. The summed E-state index contributed by atoms with van der Waals surface area (Å²) in [5.41, 5.74) is 6.55. The van der Waals surface area contributed by atoms with Gasteiger partial charge in [0.05, 0.1) is 0 Å². The second-order valence-electron chi connectivity index (χ2n) is 7.02. The van der Waals surface area contributed by atoms with Crippen LogP contribution in [0.5, 0.6) is 0 Å². The van der Waals surface area contributed by atoms with Crippen molar-refractivity contribution in [2.24, 2.45) is 23.5 Å². The van der Waals surface area contributed by atoms with Crippen LogP contribution in [-0.2, 0) is 0 Å². The van der Waals surface area contributed by atoms with Crippen LogP contribution >= 0.6 is 0 Å². The van der Waals surface area contributed by atoms with Gasteiger partial charge >= 0.3 is 0 Å². The number of nitrogens with zero attached hydrogens (tertiary/aromatic N) is 1. The molecular weight excluding hydrogens is 220 g/mol. The van der Waals surface area contributed by atoms with Crippen LogP contribution in [0.1, 0.15) is 59.3 Å². The maximum absolute atomic E-state index is 6.20. The van der Waals surface area contributed by atoms with Crippen molar-refractivity contribution in [3.63, 3.8) is 0 Å². The number of likely N-dealkylation sites (tertiary alicyclic amines) is 1. The van der Waals surface area contributed by atoms with Crippen molar-refractivity contribution in [3.05, 3.63) is 0 Å². The quantitative estimate of drug-likeness (QED) is 0.832. The SMILES string of the molecule is CCCC1CCN(C2(CN)CCC(C)C(C)C2)C1. The lowest BCUT2D eigenvalue weighted by Gasteiger charge is -2.48. The smallest absolute Gasteiger partial charge is 0.0334 e. The molecule has 0 radical (unpaired) electrons. The van der Waals surface area contributed by atoms with Crippen molar-refractivity contribution >= 4 is 0 Å². The van der Waals surface area contributed by atoms with Gasteiger partial charge in [0.25, 0.3) is 0 Å². The molecular formula is C16H32N2. The van der Waals surface area contributed by atoms with Crippen LogP contribution in [0.2, 0.25) is 0 Å². The zero-order valence-electron chi connectivity index (χ0n) is 12.6. The zero-order valence-corrected chi connectivity index (χ0v) is 12.6. The summed E-state index contributed by atoms with van der Waals surface area (Å²) < 4.78 is 0. The Kier molecular flexibility index (Phi) is 4.71. The van der Waals surface area contributed by atoms with E-state index in [9.17, 15) is 0 Å². The Morgan fingerprint density at radius 1 is 1.22 bits per heavy atom. The second kappa shape index (κ2) is 5.92. The van der Waals surface area contributed by atoms with E-state index >= 15 is 0 Å². The maximum Gasteiger partial charge on any atom is 0.0334 e. The minimum Gasteiger partial charge on any atom is -0.329 e. The number of rotatable bonds is 4. The van der Waals surface area contributed by atoms with Gasteiger partial charge in [0.15, 0.2) is 0 Å². The molecule has 18 heavy (non-hydrogen) atoms. The lowest BCUT2D eigenvalue weighted by molar-refractivity contribution is 0.0357. The van der Waals surface area contributed by atoms with E-state index in [1.807, 2.05) is 0 Å². The second-order valence-corrected chi connectivity index (χ2v) is 7.02. The summed E-state index contributed by atoms with van der Waals surface area (Å²) in [6.07, 6.45) is 8.16. The third-order valence-electron chi connectivity index (χ3n) is 5.77. The Morgan fingerprint density at radius 2 is 2.00 bits per heavy atom. The normalized spacial score (nSPS) is 42.3. The van der Waals surface area contributed by atoms with Crippen molar-refractivity contribution in [2.75, 3.05) is 19.6 Å². The third-order valence-corrected chi connectivity index (χ3v) is 5.77. The van der Waals surface area contributed by atoms with Gasteiger partial charge in [0.2, 0.25) is 0 Å². The van der Waals surface area contributed by atoms with Gasteiger partial charge in [-0.3, -0.25) is 4.90 Å². The summed E-state index contributed by atoms with van der Waals surface area (Å²) in [6, 6.07) is 0. The molecule has 0 amide bonds. The minimum atomic E-state index is 0.342. The molecule has 1 aliphatic heterocycles. The Balaban J connectivity index is 2.00. The monoisotopic (exact) mass is 252 g/mol. The molecule has 1 saturated heterocycles. The molecule has 0 bridgehead atoms. The fraction of sp³-hybridized carbons (Fsp3) is 1.00. The lowest BCUT2D eigenvalue weighted by Crippen LogP contribution is -2.56. The number of nitrogens with two attached hydrogens (primary N) is 1. The van der Waals surface area contributed by atoms with E-state index < -0.39 is 0 Å². The molecule has 0 aromatic rings. The van der Waals surface area contributed by atoms with Crippen molar-refractivity contribution in [2.45, 2.75) is 64.8 Å². The van der Waals surface area contributed by atoms with E-state index in [2.05, 4.69) is 25.7 Å². The van der Waals surface area contributed by atoms with E-state index in [0.29, 0.717) is 5.54 Å². The third kappa shape index (κ3) is 2.75. The summed E-state index contributed by atoms with van der Waals surface area (Å²) >= 11 is 0. The first-order valence-corrected chi connectivity index (χ1v) is 8.06. The van der Waals surface area contributed by atoms with Crippen molar-refractivity contribution in [1.29, 1.82) is 0 Å². The standard InChI is InChI=1S/C16H32N2/c1-4-5-15-7-9-18(11-15)16(12-17)8-6-13(2)14(3)10-16/h13-15H,4-12,17H2,1-3H3. The van der Waals surface area contributed by atoms with Gasteiger partial charge in [-0.1, -0.05) is 27.2 Å². The Hall–Kier alpha value is -0.0800. The fourth-order valence-electron chi connectivity index (χ4n) is 4.19. The highest BCUT2D eigenvalue weighted by Crippen LogP contribution is 2.41. The Morgan fingerprint density at radius 3 is 2.61 bits per heavy atom. The average Bonchev–Trinajstić information content (AvgIpc) is 2.83. The molecule has 0 aromatic carbocycles. The minimum absolute atomic E-state index is 0.342. The predicted octanol–water partition coefficient (Wildman–Crippen LogP) is 3.26. The van der Waals surface area contributed by atoms with Crippen LogP contribution < -0.4 is 5.73 Å². The summed E-state index contributed by atoms with van der Waals surface area (Å²) in [7, 11) is 0. The maximum atomic E-state index is 6.20. The highest BCUT2D eigenvalue weighted by molar-refractivity contribution is 4.99. The molecule has 4 atom stereocenters. The number of hydrogen-bond donors (Lipinski definition) is 1. The first kappa shape index (κ1) is 14.3. The average molecular weight is 252 g/mol. The van der Waals surface area contributed by atoms with E-state index in [0.717, 1.165) is 24.3 Å². The summed E-state index contributed by atoms with van der Waals surface area (Å²) in [6.45, 7) is 10.6. The molecule has 0 aromatic heterocycles. The molecule has 1 heterocycles. The molecule has 106 valence electrons. The van der Waals surface area contributed by atoms with Crippen molar-refractivity contribution in [3.8, 4) is 0 Å². The summed E-state index contributed by atoms with van der Waals surface area (Å²) in [5, 5.41) is 0. The predicted molar refractivity (Wildman–Crippen MR) is 78.6 cm³/mol. The van der Waals surface area contributed by atoms with E-state index in [1.165, 1.54) is 51.6 Å². The molecule has 1 aliphatic carbocycles. The summed E-state index contributed by atoms with van der Waals surface area (Å²) in [4.78, 5) is 2.76. The molecule has 2 rings (SSSR count). The Bertz CT molecular complexity index is 266. The van der Waals surface area contributed by atoms with Gasteiger partial charge < -0.3 is 5.73 Å². The van der Waals surface area contributed by atoms with Crippen molar-refractivity contribution in [1.82, 2.24) is 4.90 Å². The van der Waals surface area contributed by atoms with Crippen LogP contribution in [-0.4, -0.2) is 30.1 Å². The van der Waals surface area contributed by atoms with Crippen LogP contribution in [0.3, 0.4) is 0 Å². The first-order chi connectivity index (χ1) is 8.61. The van der Waals surface area contributed by atoms with Gasteiger partial charge in [0.1, 0.15) is 0 Å². The zero-order chi connectivity index (χ0) is 13.2. The van der Waals surface area contributed by atoms with Gasteiger partial charge in [-0.2, -0.15) is 0 Å². The van der Waals surface area contributed by atoms with Gasteiger partial charge in [-0.15, -0.1) is 0 Å².